The number of likely N-dealkylation sites (tertiary alicyclic amines) is 1. The van der Waals surface area contributed by atoms with Gasteiger partial charge < -0.3 is 10.0 Å². The van der Waals surface area contributed by atoms with E-state index >= 15 is 0 Å². The van der Waals surface area contributed by atoms with Crippen molar-refractivity contribution in [2.45, 2.75) is 51.6 Å². The second-order valence-electron chi connectivity index (χ2n) is 7.47. The lowest BCUT2D eigenvalue weighted by Gasteiger charge is -2.32. The number of aliphatic hydroxyl groups is 1. The van der Waals surface area contributed by atoms with E-state index in [1.165, 1.54) is 16.9 Å². The lowest BCUT2D eigenvalue weighted by atomic mass is 9.88. The number of piperidine rings is 1. The standard InChI is InChI=1S/C19H25N3O2S/c1-12-4-5-15-16(11-25-18(15)7-12)19(24)22-6-2-3-13(9-22)17-8-14(10-23)20-21-17/h8,11-13,23H,2-7,9-10H2,1H3,(H,20,21)/t12-,13+/m1/s1. The Morgan fingerprint density at radius 1 is 1.48 bits per heavy atom. The van der Waals surface area contributed by atoms with Crippen LogP contribution in [0.4, 0.5) is 0 Å². The topological polar surface area (TPSA) is 69.2 Å². The zero-order chi connectivity index (χ0) is 17.4. The predicted molar refractivity (Wildman–Crippen MR) is 97.9 cm³/mol. The molecule has 2 aromatic rings. The van der Waals surface area contributed by atoms with Gasteiger partial charge in [-0.25, -0.2) is 0 Å². The van der Waals surface area contributed by atoms with E-state index in [2.05, 4.69) is 22.5 Å². The number of aromatic nitrogens is 2. The predicted octanol–water partition coefficient (Wildman–Crippen LogP) is 3.11. The van der Waals surface area contributed by atoms with Gasteiger partial charge in [-0.2, -0.15) is 5.10 Å². The van der Waals surface area contributed by atoms with Crippen molar-refractivity contribution in [2.75, 3.05) is 13.1 Å². The second kappa shape index (κ2) is 6.92. The quantitative estimate of drug-likeness (QED) is 0.885. The van der Waals surface area contributed by atoms with Gasteiger partial charge in [0.1, 0.15) is 0 Å². The summed E-state index contributed by atoms with van der Waals surface area (Å²) in [6, 6.07) is 1.92. The van der Waals surface area contributed by atoms with Crippen LogP contribution in [0.2, 0.25) is 0 Å². The molecular formula is C19H25N3O2S. The van der Waals surface area contributed by atoms with Crippen LogP contribution >= 0.6 is 11.3 Å². The van der Waals surface area contributed by atoms with Crippen molar-refractivity contribution in [2.24, 2.45) is 5.92 Å². The molecule has 1 fully saturated rings. The fourth-order valence-corrected chi connectivity index (χ4v) is 5.34. The lowest BCUT2D eigenvalue weighted by molar-refractivity contribution is 0.0705. The summed E-state index contributed by atoms with van der Waals surface area (Å²) in [5.41, 5.74) is 3.94. The molecule has 1 aliphatic heterocycles. The van der Waals surface area contributed by atoms with Gasteiger partial charge in [0.15, 0.2) is 0 Å². The number of carbonyl (C=O) groups excluding carboxylic acids is 1. The van der Waals surface area contributed by atoms with Crippen LogP contribution < -0.4 is 0 Å². The monoisotopic (exact) mass is 359 g/mol. The lowest BCUT2D eigenvalue weighted by Crippen LogP contribution is -2.39. The molecule has 5 nitrogen and oxygen atoms in total. The first-order valence-electron chi connectivity index (χ1n) is 9.19. The molecule has 0 radical (unpaired) electrons. The smallest absolute Gasteiger partial charge is 0.255 e. The Morgan fingerprint density at radius 2 is 2.36 bits per heavy atom. The minimum atomic E-state index is -0.0260. The van der Waals surface area contributed by atoms with Crippen molar-refractivity contribution in [3.63, 3.8) is 0 Å². The molecule has 3 heterocycles. The van der Waals surface area contributed by atoms with Crippen molar-refractivity contribution in [3.05, 3.63) is 38.8 Å². The van der Waals surface area contributed by atoms with Crippen molar-refractivity contribution >= 4 is 17.2 Å². The largest absolute Gasteiger partial charge is 0.390 e. The number of nitrogens with one attached hydrogen (secondary N) is 1. The van der Waals surface area contributed by atoms with Crippen LogP contribution in [0, 0.1) is 5.92 Å². The summed E-state index contributed by atoms with van der Waals surface area (Å²) >= 11 is 1.76. The van der Waals surface area contributed by atoms with Crippen molar-refractivity contribution in [1.29, 1.82) is 0 Å². The highest BCUT2D eigenvalue weighted by Crippen LogP contribution is 2.34. The van der Waals surface area contributed by atoms with Crippen LogP contribution in [-0.2, 0) is 19.4 Å². The molecule has 0 aromatic carbocycles. The summed E-state index contributed by atoms with van der Waals surface area (Å²) in [7, 11) is 0. The van der Waals surface area contributed by atoms with Crippen LogP contribution in [0.5, 0.6) is 0 Å². The van der Waals surface area contributed by atoms with E-state index in [0.29, 0.717) is 0 Å². The minimum Gasteiger partial charge on any atom is -0.390 e. The van der Waals surface area contributed by atoms with E-state index in [1.54, 1.807) is 11.3 Å². The van der Waals surface area contributed by atoms with Gasteiger partial charge in [-0.1, -0.05) is 6.92 Å². The minimum absolute atomic E-state index is 0.0260. The fourth-order valence-electron chi connectivity index (χ4n) is 4.10. The van der Waals surface area contributed by atoms with Gasteiger partial charge >= 0.3 is 0 Å². The third-order valence-electron chi connectivity index (χ3n) is 5.58. The highest BCUT2D eigenvalue weighted by Gasteiger charge is 2.30. The molecule has 2 N–H and O–H groups in total. The number of rotatable bonds is 3. The number of carbonyl (C=O) groups is 1. The number of thiophene rings is 1. The maximum Gasteiger partial charge on any atom is 0.255 e. The van der Waals surface area contributed by atoms with Gasteiger partial charge in [0.2, 0.25) is 0 Å². The Labute approximate surface area is 152 Å². The molecular weight excluding hydrogens is 334 g/mol. The molecule has 0 bridgehead atoms. The number of nitrogens with zero attached hydrogens (tertiary/aromatic N) is 2. The first-order chi connectivity index (χ1) is 12.2. The maximum atomic E-state index is 13.1. The third-order valence-corrected chi connectivity index (χ3v) is 6.63. The maximum absolute atomic E-state index is 13.1. The molecule has 134 valence electrons. The van der Waals surface area contributed by atoms with E-state index in [1.807, 2.05) is 11.0 Å². The highest BCUT2D eigenvalue weighted by molar-refractivity contribution is 7.10. The average Bonchev–Trinajstić information content (AvgIpc) is 3.27. The Hall–Kier alpha value is -1.66. The SMILES string of the molecule is C[C@@H]1CCc2c(C(=O)N3CCC[C@H](c4cc(CO)[nH]n4)C3)csc2C1. The summed E-state index contributed by atoms with van der Waals surface area (Å²) in [6.45, 7) is 3.81. The normalized spacial score (nSPS) is 23.5. The molecule has 4 rings (SSSR count). The van der Waals surface area contributed by atoms with Crippen LogP contribution in [0.3, 0.4) is 0 Å². The molecule has 2 atom stereocenters. The van der Waals surface area contributed by atoms with Crippen molar-refractivity contribution in [1.82, 2.24) is 15.1 Å². The molecule has 1 amide bonds. The first-order valence-corrected chi connectivity index (χ1v) is 10.1. The highest BCUT2D eigenvalue weighted by atomic mass is 32.1. The van der Waals surface area contributed by atoms with Crippen LogP contribution in [0.15, 0.2) is 11.4 Å². The van der Waals surface area contributed by atoms with Gasteiger partial charge in [0, 0.05) is 29.3 Å². The van der Waals surface area contributed by atoms with Gasteiger partial charge in [0.25, 0.3) is 5.91 Å². The molecule has 0 saturated carbocycles. The third kappa shape index (κ3) is 3.25. The number of hydrogen-bond donors (Lipinski definition) is 2. The molecule has 1 saturated heterocycles. The summed E-state index contributed by atoms with van der Waals surface area (Å²) in [5, 5.41) is 18.5. The van der Waals surface area contributed by atoms with Gasteiger partial charge in [-0.15, -0.1) is 11.3 Å². The zero-order valence-electron chi connectivity index (χ0n) is 14.6. The van der Waals surface area contributed by atoms with Crippen LogP contribution in [-0.4, -0.2) is 39.2 Å². The van der Waals surface area contributed by atoms with E-state index in [4.69, 9.17) is 0 Å². The summed E-state index contributed by atoms with van der Waals surface area (Å²) in [4.78, 5) is 16.5. The molecule has 6 heteroatoms. The molecule has 0 spiro atoms. The molecule has 0 unspecified atom stereocenters. The van der Waals surface area contributed by atoms with Crippen molar-refractivity contribution < 1.29 is 9.90 Å². The van der Waals surface area contributed by atoms with E-state index in [0.717, 1.165) is 61.6 Å². The molecule has 2 aromatic heterocycles. The number of fused-ring (bicyclic) bond motifs is 1. The Balaban J connectivity index is 1.50. The second-order valence-corrected chi connectivity index (χ2v) is 8.43. The molecule has 1 aliphatic carbocycles. The van der Waals surface area contributed by atoms with Crippen LogP contribution in [0.25, 0.3) is 0 Å². The fraction of sp³-hybridized carbons (Fsp3) is 0.579. The Bertz CT molecular complexity index is 767. The average molecular weight is 359 g/mol. The molecule has 25 heavy (non-hydrogen) atoms. The number of hydrogen-bond acceptors (Lipinski definition) is 4. The summed E-state index contributed by atoms with van der Waals surface area (Å²) in [5.74, 6) is 1.17. The van der Waals surface area contributed by atoms with Crippen LogP contribution in [0.1, 0.15) is 64.3 Å². The van der Waals surface area contributed by atoms with Crippen molar-refractivity contribution in [3.8, 4) is 0 Å². The number of amides is 1. The Morgan fingerprint density at radius 3 is 3.16 bits per heavy atom. The first kappa shape index (κ1) is 16.8. The number of aromatic amines is 1. The number of H-pyrrole nitrogens is 1. The van der Waals surface area contributed by atoms with Gasteiger partial charge in [-0.3, -0.25) is 9.89 Å². The molecule has 2 aliphatic rings. The van der Waals surface area contributed by atoms with Gasteiger partial charge in [0.05, 0.1) is 23.6 Å². The van der Waals surface area contributed by atoms with E-state index in [-0.39, 0.29) is 18.4 Å². The van der Waals surface area contributed by atoms with E-state index in [9.17, 15) is 9.90 Å². The Kier molecular flexibility index (Phi) is 4.65. The van der Waals surface area contributed by atoms with E-state index < -0.39 is 0 Å². The summed E-state index contributed by atoms with van der Waals surface area (Å²) < 4.78 is 0. The zero-order valence-corrected chi connectivity index (χ0v) is 15.4. The number of aliphatic hydroxyl groups excluding tert-OH is 1. The van der Waals surface area contributed by atoms with Gasteiger partial charge in [-0.05, 0) is 49.7 Å². The summed E-state index contributed by atoms with van der Waals surface area (Å²) in [6.07, 6.45) is 5.38.